The van der Waals surface area contributed by atoms with Crippen molar-refractivity contribution in [2.24, 2.45) is 0 Å². The van der Waals surface area contributed by atoms with Crippen LogP contribution in [0.2, 0.25) is 0 Å². The second-order valence-electron chi connectivity index (χ2n) is 5.65. The zero-order valence-corrected chi connectivity index (χ0v) is 14.6. The average molecular weight is 330 g/mol. The summed E-state index contributed by atoms with van der Waals surface area (Å²) in [6, 6.07) is 1.94. The first kappa shape index (κ1) is 16.5. The van der Waals surface area contributed by atoms with Gasteiger partial charge in [0, 0.05) is 31.1 Å². The van der Waals surface area contributed by atoms with Crippen LogP contribution >= 0.6 is 11.3 Å². The molecule has 0 atom stereocenters. The summed E-state index contributed by atoms with van der Waals surface area (Å²) in [6.45, 7) is 5.25. The van der Waals surface area contributed by atoms with Crippen LogP contribution in [0, 0.1) is 13.8 Å². The molecule has 0 N–H and O–H groups in total. The van der Waals surface area contributed by atoms with Gasteiger partial charge < -0.3 is 4.90 Å². The fourth-order valence-electron chi connectivity index (χ4n) is 2.54. The van der Waals surface area contributed by atoms with Crippen molar-refractivity contribution in [1.29, 1.82) is 0 Å². The molecule has 1 aliphatic rings. The van der Waals surface area contributed by atoms with Gasteiger partial charge in [-0.15, -0.1) is 11.3 Å². The summed E-state index contributed by atoms with van der Waals surface area (Å²) in [4.78, 5) is 16.2. The zero-order chi connectivity index (χ0) is 15.8. The van der Waals surface area contributed by atoms with Gasteiger partial charge in [0.2, 0.25) is 10.0 Å². The molecule has 1 aromatic rings. The van der Waals surface area contributed by atoms with E-state index in [0.29, 0.717) is 25.9 Å². The summed E-state index contributed by atoms with van der Waals surface area (Å²) in [6.07, 6.45) is 2.61. The van der Waals surface area contributed by atoms with Crippen LogP contribution in [0.25, 0.3) is 0 Å². The number of carbonyl (C=O) groups is 1. The number of likely N-dealkylation sites (tertiary alicyclic amines) is 1. The van der Waals surface area contributed by atoms with Crippen LogP contribution in [0.5, 0.6) is 0 Å². The molecule has 1 aliphatic heterocycles. The Morgan fingerprint density at radius 3 is 2.33 bits per heavy atom. The summed E-state index contributed by atoms with van der Waals surface area (Å²) in [5.74, 6) is 0.0664. The molecule has 21 heavy (non-hydrogen) atoms. The first-order valence-electron chi connectivity index (χ1n) is 6.99. The molecule has 5 nitrogen and oxygen atoms in total. The molecule has 0 unspecified atom stereocenters. The Morgan fingerprint density at radius 2 is 1.90 bits per heavy atom. The van der Waals surface area contributed by atoms with E-state index >= 15 is 0 Å². The lowest BCUT2D eigenvalue weighted by Gasteiger charge is -2.35. The molecule has 0 saturated carbocycles. The molecule has 7 heteroatoms. The first-order chi connectivity index (χ1) is 9.70. The minimum atomic E-state index is -3.16. The van der Waals surface area contributed by atoms with Gasteiger partial charge in [0.1, 0.15) is 0 Å². The zero-order valence-electron chi connectivity index (χ0n) is 12.9. The molecule has 1 aromatic heterocycles. The van der Waals surface area contributed by atoms with Gasteiger partial charge >= 0.3 is 0 Å². The van der Waals surface area contributed by atoms with Crippen molar-refractivity contribution in [3.8, 4) is 0 Å². The molecule has 2 rings (SSSR count). The smallest absolute Gasteiger partial charge is 0.263 e. The van der Waals surface area contributed by atoms with E-state index in [-0.39, 0.29) is 11.9 Å². The van der Waals surface area contributed by atoms with Crippen LogP contribution in [0.4, 0.5) is 0 Å². The highest BCUT2D eigenvalue weighted by Crippen LogP contribution is 2.24. The molecular formula is C14H22N2O3S2. The van der Waals surface area contributed by atoms with Crippen molar-refractivity contribution in [2.75, 3.05) is 26.4 Å². The highest BCUT2D eigenvalue weighted by atomic mass is 32.2. The number of carbonyl (C=O) groups excluding carboxylic acids is 1. The van der Waals surface area contributed by atoms with Crippen LogP contribution in [-0.4, -0.2) is 56.0 Å². The summed E-state index contributed by atoms with van der Waals surface area (Å²) < 4.78 is 24.5. The summed E-state index contributed by atoms with van der Waals surface area (Å²) in [7, 11) is -1.55. The Kier molecular flexibility index (Phi) is 4.75. The fourth-order valence-corrected chi connectivity index (χ4v) is 4.29. The van der Waals surface area contributed by atoms with Crippen molar-refractivity contribution in [1.82, 2.24) is 9.21 Å². The maximum Gasteiger partial charge on any atom is 0.263 e. The van der Waals surface area contributed by atoms with E-state index in [9.17, 15) is 13.2 Å². The number of aryl methyl sites for hydroxylation is 2. The standard InChI is InChI=1S/C14H22N2O3S2/c1-10-9-13(20-11(10)2)14(17)16-7-5-12(6-8-16)15(3)21(4,18)19/h9,12H,5-8H2,1-4H3. The van der Waals surface area contributed by atoms with E-state index in [1.807, 2.05) is 24.8 Å². The number of hydrogen-bond acceptors (Lipinski definition) is 4. The lowest BCUT2D eigenvalue weighted by Crippen LogP contribution is -2.46. The number of sulfonamides is 1. The Bertz CT molecular complexity index is 609. The highest BCUT2D eigenvalue weighted by molar-refractivity contribution is 7.88. The topological polar surface area (TPSA) is 57.7 Å². The van der Waals surface area contributed by atoms with Gasteiger partial charge in [0.15, 0.2) is 0 Å². The predicted octanol–water partition coefficient (Wildman–Crippen LogP) is 1.86. The SMILES string of the molecule is Cc1cc(C(=O)N2CCC(N(C)S(C)(=O)=O)CC2)sc1C. The lowest BCUT2D eigenvalue weighted by molar-refractivity contribution is 0.0691. The van der Waals surface area contributed by atoms with Crippen molar-refractivity contribution < 1.29 is 13.2 Å². The second-order valence-corrected chi connectivity index (χ2v) is 8.95. The molecule has 1 amide bonds. The summed E-state index contributed by atoms with van der Waals surface area (Å²) in [5.41, 5.74) is 1.15. The Morgan fingerprint density at radius 1 is 1.33 bits per heavy atom. The number of rotatable bonds is 3. The molecule has 2 heterocycles. The first-order valence-corrected chi connectivity index (χ1v) is 9.66. The fraction of sp³-hybridized carbons (Fsp3) is 0.643. The predicted molar refractivity (Wildman–Crippen MR) is 85.3 cm³/mol. The van der Waals surface area contributed by atoms with Crippen molar-refractivity contribution in [2.45, 2.75) is 32.7 Å². The molecule has 0 bridgehead atoms. The molecular weight excluding hydrogens is 308 g/mol. The maximum atomic E-state index is 12.4. The second kappa shape index (κ2) is 6.06. The number of amides is 1. The van der Waals surface area contributed by atoms with E-state index in [2.05, 4.69) is 0 Å². The average Bonchev–Trinajstić information content (AvgIpc) is 2.76. The number of piperidine rings is 1. The van der Waals surface area contributed by atoms with Crippen LogP contribution in [0.3, 0.4) is 0 Å². The number of nitrogens with zero attached hydrogens (tertiary/aromatic N) is 2. The third kappa shape index (κ3) is 3.64. The molecule has 0 radical (unpaired) electrons. The van der Waals surface area contributed by atoms with Crippen molar-refractivity contribution >= 4 is 27.3 Å². The Hall–Kier alpha value is -0.920. The Balaban J connectivity index is 1.99. The largest absolute Gasteiger partial charge is 0.338 e. The molecule has 0 aromatic carbocycles. The third-order valence-corrected chi connectivity index (χ3v) is 6.65. The highest BCUT2D eigenvalue weighted by Gasteiger charge is 2.29. The van der Waals surface area contributed by atoms with Gasteiger partial charge in [-0.2, -0.15) is 0 Å². The Labute approximate surface area is 130 Å². The third-order valence-electron chi connectivity index (χ3n) is 4.17. The quantitative estimate of drug-likeness (QED) is 0.850. The van der Waals surface area contributed by atoms with Gasteiger partial charge in [0.25, 0.3) is 5.91 Å². The normalized spacial score (nSPS) is 17.5. The molecule has 1 fully saturated rings. The van der Waals surface area contributed by atoms with Gasteiger partial charge in [-0.3, -0.25) is 4.79 Å². The van der Waals surface area contributed by atoms with Crippen LogP contribution in [-0.2, 0) is 10.0 Å². The monoisotopic (exact) mass is 330 g/mol. The van der Waals surface area contributed by atoms with Gasteiger partial charge in [0.05, 0.1) is 11.1 Å². The minimum absolute atomic E-state index is 0.00384. The van der Waals surface area contributed by atoms with Crippen LogP contribution in [0.15, 0.2) is 6.07 Å². The minimum Gasteiger partial charge on any atom is -0.338 e. The summed E-state index contributed by atoms with van der Waals surface area (Å²) in [5, 5.41) is 0. The summed E-state index contributed by atoms with van der Waals surface area (Å²) >= 11 is 1.53. The number of thiophene rings is 1. The van der Waals surface area contributed by atoms with Crippen molar-refractivity contribution in [3.63, 3.8) is 0 Å². The van der Waals surface area contributed by atoms with Crippen LogP contribution < -0.4 is 0 Å². The van der Waals surface area contributed by atoms with E-state index in [1.54, 1.807) is 7.05 Å². The van der Waals surface area contributed by atoms with E-state index in [4.69, 9.17) is 0 Å². The van der Waals surface area contributed by atoms with E-state index < -0.39 is 10.0 Å². The lowest BCUT2D eigenvalue weighted by atomic mass is 10.1. The van der Waals surface area contributed by atoms with E-state index in [0.717, 1.165) is 10.4 Å². The van der Waals surface area contributed by atoms with E-state index in [1.165, 1.54) is 26.8 Å². The van der Waals surface area contributed by atoms with Crippen molar-refractivity contribution in [3.05, 3.63) is 21.4 Å². The van der Waals surface area contributed by atoms with Gasteiger partial charge in [-0.1, -0.05) is 0 Å². The molecule has 118 valence electrons. The molecule has 0 aliphatic carbocycles. The molecule has 1 saturated heterocycles. The maximum absolute atomic E-state index is 12.4. The van der Waals surface area contributed by atoms with Gasteiger partial charge in [-0.05, 0) is 38.3 Å². The number of hydrogen-bond donors (Lipinski definition) is 0. The molecule has 0 spiro atoms. The van der Waals surface area contributed by atoms with Gasteiger partial charge in [-0.25, -0.2) is 12.7 Å². The van der Waals surface area contributed by atoms with Crippen LogP contribution in [0.1, 0.15) is 33.0 Å².